The number of unbranched alkanes of at least 4 members (excludes halogenated alkanes) is 3. The Hall–Kier alpha value is -1.56. The molecule has 2 rings (SSSR count). The average Bonchev–Trinajstić information content (AvgIpc) is 2.77. The number of hydrogen-bond donors (Lipinski definition) is 1. The molecule has 0 saturated heterocycles. The van der Waals surface area contributed by atoms with Gasteiger partial charge < -0.3 is 15.2 Å². The first-order chi connectivity index (χ1) is 11.5. The van der Waals surface area contributed by atoms with Crippen LogP contribution in [0, 0.1) is 0 Å². The quantitative estimate of drug-likeness (QED) is 0.499. The predicted octanol–water partition coefficient (Wildman–Crippen LogP) is 1.43. The van der Waals surface area contributed by atoms with Crippen molar-refractivity contribution < 1.29 is 19.5 Å². The fraction of sp³-hybridized carbons (Fsp3) is 0.706. The van der Waals surface area contributed by atoms with Crippen LogP contribution in [0.5, 0.6) is 0 Å². The normalized spacial score (nSPS) is 19.3. The molecule has 1 heterocycles. The Kier molecular flexibility index (Phi) is 7.09. The number of amides is 2. The molecule has 6 nitrogen and oxygen atoms in total. The summed E-state index contributed by atoms with van der Waals surface area (Å²) in [4.78, 5) is 36.4. The van der Waals surface area contributed by atoms with Crippen molar-refractivity contribution >= 4 is 29.4 Å². The summed E-state index contributed by atoms with van der Waals surface area (Å²) < 4.78 is 0. The molecule has 0 aromatic heterocycles. The number of carbonyl (C=O) groups excluding carboxylic acids is 3. The summed E-state index contributed by atoms with van der Waals surface area (Å²) in [7, 11) is 0. The number of carboxylic acids is 1. The average molecular weight is 356 g/mol. The number of hydrogen-bond acceptors (Lipinski definition) is 5. The van der Waals surface area contributed by atoms with E-state index in [0.717, 1.165) is 51.4 Å². The fourth-order valence-electron chi connectivity index (χ4n) is 3.30. The molecule has 0 bridgehead atoms. The number of carboxylic acid groups (broad SMARTS) is 1. The monoisotopic (exact) mass is 355 g/mol. The molecular formula is C17H24ClN2O4-. The van der Waals surface area contributed by atoms with E-state index in [1.54, 1.807) is 0 Å². The minimum Gasteiger partial charge on any atom is -0.550 e. The SMILES string of the molecule is O=C([O-])CCCCCCNC1=C(Cl)C(=O)N(C2CCCCC2)C1=O. The molecule has 7 heteroatoms. The van der Waals surface area contributed by atoms with Crippen molar-refractivity contribution in [3.8, 4) is 0 Å². The third kappa shape index (κ3) is 4.72. The topological polar surface area (TPSA) is 89.5 Å². The van der Waals surface area contributed by atoms with Gasteiger partial charge in [-0.05, 0) is 32.1 Å². The van der Waals surface area contributed by atoms with Crippen molar-refractivity contribution in [1.82, 2.24) is 10.2 Å². The smallest absolute Gasteiger partial charge is 0.278 e. The van der Waals surface area contributed by atoms with Crippen molar-refractivity contribution in [1.29, 1.82) is 0 Å². The third-order valence-electron chi connectivity index (χ3n) is 4.61. The van der Waals surface area contributed by atoms with Crippen molar-refractivity contribution in [3.63, 3.8) is 0 Å². The Bertz CT molecular complexity index is 527. The second-order valence-electron chi connectivity index (χ2n) is 6.42. The van der Waals surface area contributed by atoms with E-state index in [9.17, 15) is 19.5 Å². The van der Waals surface area contributed by atoms with Crippen LogP contribution in [0.3, 0.4) is 0 Å². The standard InChI is InChI=1S/C17H25ClN2O4/c18-14-15(19-11-7-2-1-6-10-13(21)22)17(24)20(16(14)23)12-8-4-3-5-9-12/h12,19H,1-11H2,(H,21,22)/p-1. The highest BCUT2D eigenvalue weighted by atomic mass is 35.5. The lowest BCUT2D eigenvalue weighted by Crippen LogP contribution is -2.43. The maximum absolute atomic E-state index is 12.5. The van der Waals surface area contributed by atoms with Crippen molar-refractivity contribution in [2.45, 2.75) is 70.3 Å². The first kappa shape index (κ1) is 18.8. The molecule has 1 fully saturated rings. The van der Waals surface area contributed by atoms with Crippen LogP contribution in [0.2, 0.25) is 0 Å². The molecule has 1 aliphatic heterocycles. The molecule has 1 N–H and O–H groups in total. The van der Waals surface area contributed by atoms with Gasteiger partial charge in [-0.25, -0.2) is 0 Å². The summed E-state index contributed by atoms with van der Waals surface area (Å²) in [5.74, 6) is -1.72. The molecule has 134 valence electrons. The van der Waals surface area contributed by atoms with Gasteiger partial charge in [-0.2, -0.15) is 0 Å². The summed E-state index contributed by atoms with van der Waals surface area (Å²) in [6.07, 6.45) is 8.03. The third-order valence-corrected chi connectivity index (χ3v) is 4.96. The van der Waals surface area contributed by atoms with Crippen LogP contribution < -0.4 is 10.4 Å². The number of nitrogens with one attached hydrogen (secondary N) is 1. The lowest BCUT2D eigenvalue weighted by molar-refractivity contribution is -0.305. The van der Waals surface area contributed by atoms with Crippen LogP contribution in [-0.4, -0.2) is 35.3 Å². The van der Waals surface area contributed by atoms with Crippen LogP contribution >= 0.6 is 11.6 Å². The van der Waals surface area contributed by atoms with E-state index >= 15 is 0 Å². The first-order valence-electron chi connectivity index (χ1n) is 8.73. The largest absolute Gasteiger partial charge is 0.550 e. The molecule has 0 radical (unpaired) electrons. The molecule has 0 atom stereocenters. The predicted molar refractivity (Wildman–Crippen MR) is 87.7 cm³/mol. The van der Waals surface area contributed by atoms with Gasteiger partial charge in [0.25, 0.3) is 11.8 Å². The molecule has 0 unspecified atom stereocenters. The van der Waals surface area contributed by atoms with E-state index in [2.05, 4.69) is 5.32 Å². The fourth-order valence-corrected chi connectivity index (χ4v) is 3.54. The molecule has 1 saturated carbocycles. The van der Waals surface area contributed by atoms with Crippen molar-refractivity contribution in [2.24, 2.45) is 0 Å². The second kappa shape index (κ2) is 9.06. The van der Waals surface area contributed by atoms with Gasteiger partial charge in [-0.15, -0.1) is 0 Å². The minimum absolute atomic E-state index is 0.0116. The van der Waals surface area contributed by atoms with Crippen molar-refractivity contribution in [2.75, 3.05) is 6.54 Å². The number of aliphatic carboxylic acids is 1. The van der Waals surface area contributed by atoms with Gasteiger partial charge >= 0.3 is 0 Å². The van der Waals surface area contributed by atoms with E-state index in [4.69, 9.17) is 11.6 Å². The Labute approximate surface area is 147 Å². The number of carbonyl (C=O) groups is 3. The zero-order valence-electron chi connectivity index (χ0n) is 13.8. The van der Waals surface area contributed by atoms with Crippen LogP contribution in [0.1, 0.15) is 64.2 Å². The van der Waals surface area contributed by atoms with E-state index in [0.29, 0.717) is 13.0 Å². The summed E-state index contributed by atoms with van der Waals surface area (Å²) in [5, 5.41) is 13.3. The van der Waals surface area contributed by atoms with Gasteiger partial charge in [0.15, 0.2) is 0 Å². The Morgan fingerprint density at radius 2 is 1.75 bits per heavy atom. The molecule has 2 amide bonds. The van der Waals surface area contributed by atoms with Crippen LogP contribution in [0.4, 0.5) is 0 Å². The van der Waals surface area contributed by atoms with Gasteiger partial charge in [-0.1, -0.05) is 43.7 Å². The van der Waals surface area contributed by atoms with Gasteiger partial charge in [0, 0.05) is 18.6 Å². The highest BCUT2D eigenvalue weighted by molar-refractivity contribution is 6.47. The molecule has 0 aromatic rings. The zero-order valence-corrected chi connectivity index (χ0v) is 14.6. The number of rotatable bonds is 9. The maximum atomic E-state index is 12.5. The molecule has 1 aliphatic carbocycles. The van der Waals surface area contributed by atoms with Gasteiger partial charge in [0.05, 0.1) is 0 Å². The summed E-state index contributed by atoms with van der Waals surface area (Å²) in [5.41, 5.74) is 0.210. The Balaban J connectivity index is 1.77. The first-order valence-corrected chi connectivity index (χ1v) is 9.11. The van der Waals surface area contributed by atoms with Crippen LogP contribution in [0.15, 0.2) is 10.7 Å². The molecule has 0 spiro atoms. The van der Waals surface area contributed by atoms with Crippen LogP contribution in [-0.2, 0) is 14.4 Å². The molecule has 0 aromatic carbocycles. The molecular weight excluding hydrogens is 332 g/mol. The highest BCUT2D eigenvalue weighted by Gasteiger charge is 2.41. The minimum atomic E-state index is -1.03. The maximum Gasteiger partial charge on any atom is 0.278 e. The summed E-state index contributed by atoms with van der Waals surface area (Å²) in [6, 6.07) is -0.0311. The van der Waals surface area contributed by atoms with Gasteiger partial charge in [-0.3, -0.25) is 14.5 Å². The van der Waals surface area contributed by atoms with E-state index in [1.165, 1.54) is 4.90 Å². The van der Waals surface area contributed by atoms with Gasteiger partial charge in [0.1, 0.15) is 10.7 Å². The Morgan fingerprint density at radius 3 is 2.42 bits per heavy atom. The van der Waals surface area contributed by atoms with E-state index < -0.39 is 5.97 Å². The second-order valence-corrected chi connectivity index (χ2v) is 6.80. The van der Waals surface area contributed by atoms with Gasteiger partial charge in [0.2, 0.25) is 0 Å². The number of imide groups is 1. The lowest BCUT2D eigenvalue weighted by atomic mass is 9.94. The number of halogens is 1. The lowest BCUT2D eigenvalue weighted by Gasteiger charge is -2.29. The van der Waals surface area contributed by atoms with E-state index in [-0.39, 0.29) is 35.0 Å². The Morgan fingerprint density at radius 1 is 1.08 bits per heavy atom. The zero-order chi connectivity index (χ0) is 17.5. The van der Waals surface area contributed by atoms with Crippen molar-refractivity contribution in [3.05, 3.63) is 10.7 Å². The molecule has 24 heavy (non-hydrogen) atoms. The summed E-state index contributed by atoms with van der Waals surface area (Å²) in [6.45, 7) is 0.536. The van der Waals surface area contributed by atoms with Crippen LogP contribution in [0.25, 0.3) is 0 Å². The highest BCUT2D eigenvalue weighted by Crippen LogP contribution is 2.30. The summed E-state index contributed by atoms with van der Waals surface area (Å²) >= 11 is 6.07. The number of nitrogens with zero attached hydrogens (tertiary/aromatic N) is 1. The molecule has 2 aliphatic rings. The van der Waals surface area contributed by atoms with E-state index in [1.807, 2.05) is 0 Å².